The SMILES string of the molecule is CCCNC(=O)c1nnn(-c2cccc3c2CCN(C(=O)NCC)C3)c1C. The van der Waals surface area contributed by atoms with Gasteiger partial charge in [-0.2, -0.15) is 0 Å². The molecule has 2 heterocycles. The lowest BCUT2D eigenvalue weighted by molar-refractivity contribution is 0.0948. The van der Waals surface area contributed by atoms with Crippen LogP contribution in [0.2, 0.25) is 0 Å². The number of aromatic nitrogens is 3. The standard InChI is InChI=1S/C19H26N6O2/c1-4-10-21-18(26)17-13(3)25(23-22-17)16-8-6-7-14-12-24(11-9-15(14)16)19(27)20-5-2/h6-8H,4-5,9-12H2,1-3H3,(H,20,27)(H,21,26). The Morgan fingerprint density at radius 3 is 2.78 bits per heavy atom. The van der Waals surface area contributed by atoms with Crippen molar-refractivity contribution in [1.82, 2.24) is 30.5 Å². The number of rotatable bonds is 5. The van der Waals surface area contributed by atoms with E-state index >= 15 is 0 Å². The van der Waals surface area contributed by atoms with Gasteiger partial charge in [-0.05, 0) is 43.9 Å². The summed E-state index contributed by atoms with van der Waals surface area (Å²) in [5.74, 6) is -0.201. The summed E-state index contributed by atoms with van der Waals surface area (Å²) in [4.78, 5) is 26.2. The Morgan fingerprint density at radius 2 is 2.04 bits per heavy atom. The maximum Gasteiger partial charge on any atom is 0.317 e. The summed E-state index contributed by atoms with van der Waals surface area (Å²) in [6.07, 6.45) is 1.60. The third-order valence-corrected chi connectivity index (χ3v) is 4.73. The van der Waals surface area contributed by atoms with Gasteiger partial charge in [0.15, 0.2) is 5.69 Å². The smallest absolute Gasteiger partial charge is 0.317 e. The summed E-state index contributed by atoms with van der Waals surface area (Å²) in [5, 5.41) is 14.0. The number of benzene rings is 1. The second-order valence-corrected chi connectivity index (χ2v) is 6.61. The third kappa shape index (κ3) is 3.79. The van der Waals surface area contributed by atoms with E-state index < -0.39 is 0 Å². The molecule has 8 nitrogen and oxygen atoms in total. The van der Waals surface area contributed by atoms with Gasteiger partial charge in [-0.3, -0.25) is 4.79 Å². The van der Waals surface area contributed by atoms with Crippen molar-refractivity contribution >= 4 is 11.9 Å². The number of nitrogens with zero attached hydrogens (tertiary/aromatic N) is 4. The highest BCUT2D eigenvalue weighted by Crippen LogP contribution is 2.26. The number of hydrogen-bond acceptors (Lipinski definition) is 4. The first-order chi connectivity index (χ1) is 13.1. The molecule has 1 aliphatic rings. The molecule has 0 radical (unpaired) electrons. The molecule has 0 atom stereocenters. The number of fused-ring (bicyclic) bond motifs is 1. The van der Waals surface area contributed by atoms with E-state index in [0.717, 1.165) is 29.7 Å². The Morgan fingerprint density at radius 1 is 1.22 bits per heavy atom. The van der Waals surface area contributed by atoms with Crippen LogP contribution >= 0.6 is 0 Å². The quantitative estimate of drug-likeness (QED) is 0.839. The summed E-state index contributed by atoms with van der Waals surface area (Å²) in [7, 11) is 0. The third-order valence-electron chi connectivity index (χ3n) is 4.73. The van der Waals surface area contributed by atoms with Crippen molar-refractivity contribution in [3.63, 3.8) is 0 Å². The van der Waals surface area contributed by atoms with E-state index in [2.05, 4.69) is 20.9 Å². The maximum absolute atomic E-state index is 12.3. The first-order valence-electron chi connectivity index (χ1n) is 9.41. The Hall–Kier alpha value is -2.90. The fraction of sp³-hybridized carbons (Fsp3) is 0.474. The summed E-state index contributed by atoms with van der Waals surface area (Å²) in [5.41, 5.74) is 4.22. The van der Waals surface area contributed by atoms with Crippen LogP contribution in [-0.4, -0.2) is 51.5 Å². The first kappa shape index (κ1) is 18.9. The van der Waals surface area contributed by atoms with Crippen LogP contribution in [-0.2, 0) is 13.0 Å². The van der Waals surface area contributed by atoms with Crippen LogP contribution in [0.25, 0.3) is 5.69 Å². The molecule has 0 saturated heterocycles. The molecule has 27 heavy (non-hydrogen) atoms. The molecule has 2 N–H and O–H groups in total. The van der Waals surface area contributed by atoms with E-state index in [9.17, 15) is 9.59 Å². The van der Waals surface area contributed by atoms with Crippen molar-refractivity contribution in [3.05, 3.63) is 40.7 Å². The molecule has 3 rings (SSSR count). The van der Waals surface area contributed by atoms with Gasteiger partial charge in [0, 0.05) is 26.2 Å². The minimum Gasteiger partial charge on any atom is -0.351 e. The number of urea groups is 1. The molecule has 1 aliphatic heterocycles. The van der Waals surface area contributed by atoms with E-state index in [1.54, 1.807) is 4.68 Å². The average molecular weight is 370 g/mol. The molecule has 144 valence electrons. The maximum atomic E-state index is 12.3. The molecular formula is C19H26N6O2. The predicted octanol–water partition coefficient (Wildman–Crippen LogP) is 1.80. The van der Waals surface area contributed by atoms with E-state index in [1.807, 2.05) is 43.9 Å². The Labute approximate surface area is 158 Å². The molecular weight excluding hydrogens is 344 g/mol. The number of carbonyl (C=O) groups excluding carboxylic acids is 2. The van der Waals surface area contributed by atoms with E-state index in [-0.39, 0.29) is 11.9 Å². The van der Waals surface area contributed by atoms with Crippen LogP contribution in [0.5, 0.6) is 0 Å². The molecule has 8 heteroatoms. The zero-order valence-corrected chi connectivity index (χ0v) is 16.1. The van der Waals surface area contributed by atoms with Crippen molar-refractivity contribution in [2.75, 3.05) is 19.6 Å². The topological polar surface area (TPSA) is 92.2 Å². The fourth-order valence-electron chi connectivity index (χ4n) is 3.31. The Bertz CT molecular complexity index is 845. The van der Waals surface area contributed by atoms with Crippen LogP contribution in [0.1, 0.15) is 47.6 Å². The van der Waals surface area contributed by atoms with Gasteiger partial charge in [0.1, 0.15) is 0 Å². The number of amides is 3. The van der Waals surface area contributed by atoms with E-state index in [0.29, 0.717) is 37.6 Å². The molecule has 3 amide bonds. The van der Waals surface area contributed by atoms with Crippen LogP contribution in [0, 0.1) is 6.92 Å². The van der Waals surface area contributed by atoms with Crippen molar-refractivity contribution in [2.24, 2.45) is 0 Å². The largest absolute Gasteiger partial charge is 0.351 e. The molecule has 0 fully saturated rings. The highest BCUT2D eigenvalue weighted by atomic mass is 16.2. The predicted molar refractivity (Wildman–Crippen MR) is 102 cm³/mol. The minimum absolute atomic E-state index is 0.0413. The normalized spacial score (nSPS) is 13.2. The highest BCUT2D eigenvalue weighted by Gasteiger charge is 2.24. The van der Waals surface area contributed by atoms with Crippen LogP contribution < -0.4 is 10.6 Å². The molecule has 2 aromatic rings. The molecule has 0 aliphatic carbocycles. The van der Waals surface area contributed by atoms with Gasteiger partial charge < -0.3 is 15.5 Å². The first-order valence-corrected chi connectivity index (χ1v) is 9.41. The molecule has 0 spiro atoms. The van der Waals surface area contributed by atoms with E-state index in [4.69, 9.17) is 0 Å². The van der Waals surface area contributed by atoms with Crippen molar-refractivity contribution in [2.45, 2.75) is 40.2 Å². The van der Waals surface area contributed by atoms with Gasteiger partial charge in [-0.25, -0.2) is 9.48 Å². The second-order valence-electron chi connectivity index (χ2n) is 6.61. The summed E-state index contributed by atoms with van der Waals surface area (Å²) < 4.78 is 1.72. The summed E-state index contributed by atoms with van der Waals surface area (Å²) in [6.45, 7) is 8.20. The van der Waals surface area contributed by atoms with Crippen molar-refractivity contribution in [3.8, 4) is 5.69 Å². The molecule has 0 bridgehead atoms. The zero-order valence-electron chi connectivity index (χ0n) is 16.1. The summed E-state index contributed by atoms with van der Waals surface area (Å²) in [6, 6.07) is 5.93. The van der Waals surface area contributed by atoms with Crippen LogP contribution in [0.15, 0.2) is 18.2 Å². The molecule has 0 unspecified atom stereocenters. The zero-order chi connectivity index (χ0) is 19.4. The van der Waals surface area contributed by atoms with Gasteiger partial charge in [-0.15, -0.1) is 5.10 Å². The molecule has 0 saturated carbocycles. The van der Waals surface area contributed by atoms with Crippen molar-refractivity contribution in [1.29, 1.82) is 0 Å². The van der Waals surface area contributed by atoms with Gasteiger partial charge in [-0.1, -0.05) is 24.3 Å². The lowest BCUT2D eigenvalue weighted by Gasteiger charge is -2.30. The number of hydrogen-bond donors (Lipinski definition) is 2. The Balaban J connectivity index is 1.88. The Kier molecular flexibility index (Phi) is 5.73. The highest BCUT2D eigenvalue weighted by molar-refractivity contribution is 5.93. The summed E-state index contributed by atoms with van der Waals surface area (Å²) >= 11 is 0. The van der Waals surface area contributed by atoms with Crippen LogP contribution in [0.3, 0.4) is 0 Å². The van der Waals surface area contributed by atoms with Crippen LogP contribution in [0.4, 0.5) is 4.79 Å². The second kappa shape index (κ2) is 8.20. The minimum atomic E-state index is -0.201. The van der Waals surface area contributed by atoms with Gasteiger partial charge >= 0.3 is 6.03 Å². The van der Waals surface area contributed by atoms with Gasteiger partial charge in [0.05, 0.1) is 11.4 Å². The van der Waals surface area contributed by atoms with Gasteiger partial charge in [0.2, 0.25) is 0 Å². The molecule has 1 aromatic carbocycles. The monoisotopic (exact) mass is 370 g/mol. The van der Waals surface area contributed by atoms with E-state index in [1.165, 1.54) is 0 Å². The van der Waals surface area contributed by atoms with Crippen molar-refractivity contribution < 1.29 is 9.59 Å². The lowest BCUT2D eigenvalue weighted by Crippen LogP contribution is -2.42. The van der Waals surface area contributed by atoms with Gasteiger partial charge in [0.25, 0.3) is 5.91 Å². The number of carbonyl (C=O) groups is 2. The number of nitrogens with one attached hydrogen (secondary N) is 2. The molecule has 1 aromatic heterocycles. The lowest BCUT2D eigenvalue weighted by atomic mass is 9.98. The fourth-order valence-corrected chi connectivity index (χ4v) is 3.31. The average Bonchev–Trinajstić information content (AvgIpc) is 3.06.